The molecule has 3 rings (SSSR count). The summed E-state index contributed by atoms with van der Waals surface area (Å²) in [5, 5.41) is 12.3. The summed E-state index contributed by atoms with van der Waals surface area (Å²) < 4.78 is 52.2. The highest BCUT2D eigenvalue weighted by atomic mass is 19.4. The molecule has 172 valence electrons. The third-order valence-corrected chi connectivity index (χ3v) is 5.21. The highest BCUT2D eigenvalue weighted by molar-refractivity contribution is 6.37. The number of phenolic OH excluding ortho intramolecular Hbond substituents is 1. The lowest BCUT2D eigenvalue weighted by Gasteiger charge is -2.21. The Morgan fingerprint density at radius 2 is 1.84 bits per heavy atom. The molecule has 2 N–H and O–H groups in total. The first-order chi connectivity index (χ1) is 15.0. The van der Waals surface area contributed by atoms with Gasteiger partial charge in [-0.15, -0.1) is 0 Å². The second-order valence-corrected chi connectivity index (χ2v) is 7.76. The van der Waals surface area contributed by atoms with Crippen LogP contribution in [-0.4, -0.2) is 23.6 Å². The van der Waals surface area contributed by atoms with E-state index >= 15 is 0 Å². The lowest BCUT2D eigenvalue weighted by molar-refractivity contribution is -0.152. The number of aromatic hydroxyl groups is 1. The van der Waals surface area contributed by atoms with Gasteiger partial charge in [0.2, 0.25) is 0 Å². The van der Waals surface area contributed by atoms with E-state index in [9.17, 15) is 27.9 Å². The van der Waals surface area contributed by atoms with Crippen LogP contribution in [0, 0.1) is 0 Å². The molecule has 0 bridgehead atoms. The van der Waals surface area contributed by atoms with Crippen LogP contribution < -0.4 is 10.1 Å². The number of amides is 1. The number of fused-ring (bicyclic) bond motifs is 1. The molecule has 32 heavy (non-hydrogen) atoms. The van der Waals surface area contributed by atoms with E-state index in [-0.39, 0.29) is 35.5 Å². The Kier molecular flexibility index (Phi) is 6.66. The second kappa shape index (κ2) is 9.10. The summed E-state index contributed by atoms with van der Waals surface area (Å²) in [5.74, 6) is -2.51. The number of alkyl halides is 3. The molecule has 1 aliphatic rings. The van der Waals surface area contributed by atoms with Gasteiger partial charge in [0.1, 0.15) is 22.8 Å². The summed E-state index contributed by atoms with van der Waals surface area (Å²) in [4.78, 5) is 23.7. The molecule has 0 saturated heterocycles. The summed E-state index contributed by atoms with van der Waals surface area (Å²) in [6.45, 7) is 5.18. The molecule has 6 nitrogen and oxygen atoms in total. The summed E-state index contributed by atoms with van der Waals surface area (Å²) in [5.41, 5.74) is 0.234. The molecule has 1 amide bonds. The predicted molar refractivity (Wildman–Crippen MR) is 111 cm³/mol. The van der Waals surface area contributed by atoms with Gasteiger partial charge in [0.25, 0.3) is 0 Å². The first-order valence-corrected chi connectivity index (χ1v) is 10.3. The number of carbonyl (C=O) groups is 2. The van der Waals surface area contributed by atoms with Crippen molar-refractivity contribution in [1.29, 1.82) is 0 Å². The molecule has 0 atom stereocenters. The number of halogens is 3. The zero-order valence-corrected chi connectivity index (χ0v) is 17.9. The minimum Gasteiger partial charge on any atom is -0.508 e. The Balaban J connectivity index is 2.08. The summed E-state index contributed by atoms with van der Waals surface area (Å²) in [6.07, 6.45) is -3.45. The number of hydrogen-bond acceptors (Lipinski definition) is 5. The fourth-order valence-corrected chi connectivity index (χ4v) is 3.74. The molecule has 0 radical (unpaired) electrons. The van der Waals surface area contributed by atoms with E-state index in [1.807, 2.05) is 13.8 Å². The average molecular weight is 451 g/mol. The van der Waals surface area contributed by atoms with Crippen molar-refractivity contribution in [2.24, 2.45) is 0 Å². The molecular formula is C23H24F3NO5. The van der Waals surface area contributed by atoms with Gasteiger partial charge < -0.3 is 19.9 Å². The molecule has 0 aromatic heterocycles. The van der Waals surface area contributed by atoms with Crippen LogP contribution in [0.3, 0.4) is 0 Å². The zero-order valence-electron chi connectivity index (χ0n) is 17.9. The number of phenols is 1. The number of carbonyl (C=O) groups excluding carboxylic acids is 2. The average Bonchev–Trinajstić information content (AvgIpc) is 3.20. The fourth-order valence-electron chi connectivity index (χ4n) is 3.74. The maximum Gasteiger partial charge on any atom is 0.420 e. The van der Waals surface area contributed by atoms with Gasteiger partial charge in [-0.3, -0.25) is 4.79 Å². The van der Waals surface area contributed by atoms with Gasteiger partial charge in [-0.1, -0.05) is 13.8 Å². The molecule has 9 heteroatoms. The Labute approximate surface area is 183 Å². The van der Waals surface area contributed by atoms with Crippen LogP contribution in [0.25, 0.3) is 0 Å². The smallest absolute Gasteiger partial charge is 0.420 e. The molecular weight excluding hydrogens is 427 g/mol. The van der Waals surface area contributed by atoms with Gasteiger partial charge in [0, 0.05) is 16.8 Å². The van der Waals surface area contributed by atoms with E-state index in [1.54, 1.807) is 0 Å². The van der Waals surface area contributed by atoms with Crippen molar-refractivity contribution in [2.75, 3.05) is 11.9 Å². The van der Waals surface area contributed by atoms with Gasteiger partial charge in [-0.25, -0.2) is 4.79 Å². The number of anilines is 1. The Hall–Kier alpha value is -3.23. The van der Waals surface area contributed by atoms with Crippen LogP contribution in [0.4, 0.5) is 18.9 Å². The SMILES string of the molecule is CCOC(=O)C(=O)Nc1cc(C(F)(F)F)c(Oc2ccc(O)c(C(C)C)c2)c2c1CCC2. The number of nitrogens with one attached hydrogen (secondary N) is 1. The largest absolute Gasteiger partial charge is 0.508 e. The summed E-state index contributed by atoms with van der Waals surface area (Å²) in [7, 11) is 0. The normalized spacial score (nSPS) is 13.1. The maximum atomic E-state index is 14.0. The molecule has 1 aliphatic carbocycles. The van der Waals surface area contributed by atoms with Gasteiger partial charge in [0.15, 0.2) is 0 Å². The first-order valence-electron chi connectivity index (χ1n) is 10.3. The first kappa shape index (κ1) is 23.4. The maximum absolute atomic E-state index is 14.0. The van der Waals surface area contributed by atoms with Crippen LogP contribution in [0.1, 0.15) is 55.4 Å². The summed E-state index contributed by atoms with van der Waals surface area (Å²) in [6, 6.07) is 5.09. The fraction of sp³-hybridized carbons (Fsp3) is 0.391. The van der Waals surface area contributed by atoms with Crippen LogP contribution in [0.15, 0.2) is 24.3 Å². The third kappa shape index (κ3) is 4.81. The van der Waals surface area contributed by atoms with Gasteiger partial charge in [-0.05, 0) is 61.9 Å². The van der Waals surface area contributed by atoms with Crippen LogP contribution in [0.5, 0.6) is 17.2 Å². The Bertz CT molecular complexity index is 1050. The zero-order chi connectivity index (χ0) is 23.6. The summed E-state index contributed by atoms with van der Waals surface area (Å²) >= 11 is 0. The predicted octanol–water partition coefficient (Wildman–Crippen LogP) is 5.32. The van der Waals surface area contributed by atoms with E-state index in [1.165, 1.54) is 25.1 Å². The molecule has 0 fully saturated rings. The van der Waals surface area contributed by atoms with Gasteiger partial charge in [0.05, 0.1) is 6.61 Å². The number of rotatable bonds is 5. The number of hydrogen-bond donors (Lipinski definition) is 2. The van der Waals surface area contributed by atoms with Crippen molar-refractivity contribution in [3.63, 3.8) is 0 Å². The Morgan fingerprint density at radius 1 is 1.16 bits per heavy atom. The van der Waals surface area contributed by atoms with Crippen LogP contribution >= 0.6 is 0 Å². The quantitative estimate of drug-likeness (QED) is 0.475. The highest BCUT2D eigenvalue weighted by Gasteiger charge is 2.39. The van der Waals surface area contributed by atoms with Crippen LogP contribution in [-0.2, 0) is 33.3 Å². The number of benzene rings is 2. The van der Waals surface area contributed by atoms with Gasteiger partial charge >= 0.3 is 18.1 Å². The van der Waals surface area contributed by atoms with E-state index < -0.39 is 23.6 Å². The minimum absolute atomic E-state index is 0.0318. The number of esters is 1. The van der Waals surface area contributed by atoms with E-state index in [4.69, 9.17) is 4.74 Å². The lowest BCUT2D eigenvalue weighted by Crippen LogP contribution is -2.26. The third-order valence-electron chi connectivity index (χ3n) is 5.21. The van der Waals surface area contributed by atoms with E-state index in [0.29, 0.717) is 36.0 Å². The molecule has 0 saturated carbocycles. The monoisotopic (exact) mass is 451 g/mol. The van der Waals surface area contributed by atoms with E-state index in [2.05, 4.69) is 10.1 Å². The molecule has 2 aromatic carbocycles. The second-order valence-electron chi connectivity index (χ2n) is 7.76. The Morgan fingerprint density at radius 3 is 2.47 bits per heavy atom. The number of ether oxygens (including phenoxy) is 2. The van der Waals surface area contributed by atoms with Crippen molar-refractivity contribution in [3.05, 3.63) is 46.5 Å². The van der Waals surface area contributed by atoms with Crippen molar-refractivity contribution in [3.8, 4) is 17.2 Å². The van der Waals surface area contributed by atoms with Crippen molar-refractivity contribution in [1.82, 2.24) is 0 Å². The minimum atomic E-state index is -4.77. The standard InChI is InChI=1S/C23H24F3NO5/c1-4-31-22(30)21(29)27-18-11-17(23(24,25)26)20(15-7-5-6-14(15)18)32-13-8-9-19(28)16(10-13)12(2)3/h8-12,28H,4-7H2,1-3H3,(H,27,29). The topological polar surface area (TPSA) is 84.9 Å². The molecule has 0 spiro atoms. The molecule has 2 aromatic rings. The van der Waals surface area contributed by atoms with Gasteiger partial charge in [-0.2, -0.15) is 13.2 Å². The van der Waals surface area contributed by atoms with Crippen molar-refractivity contribution >= 4 is 17.6 Å². The molecule has 0 heterocycles. The molecule has 0 aliphatic heterocycles. The lowest BCUT2D eigenvalue weighted by atomic mass is 10.0. The van der Waals surface area contributed by atoms with Crippen LogP contribution in [0.2, 0.25) is 0 Å². The molecule has 0 unspecified atom stereocenters. The van der Waals surface area contributed by atoms with Crippen molar-refractivity contribution < 1.29 is 37.3 Å². The van der Waals surface area contributed by atoms with E-state index in [0.717, 1.165) is 6.07 Å². The van der Waals surface area contributed by atoms with Crippen molar-refractivity contribution in [2.45, 2.75) is 52.1 Å². The highest BCUT2D eigenvalue weighted by Crippen LogP contribution is 2.47.